The molecule has 0 aromatic carbocycles. The van der Waals surface area contributed by atoms with Gasteiger partial charge in [0.1, 0.15) is 0 Å². The molecule has 0 aromatic heterocycles. The number of carbonyl (C=O) groups excluding carboxylic acids is 1. The van der Waals surface area contributed by atoms with Crippen molar-refractivity contribution in [1.82, 2.24) is 15.1 Å². The Bertz CT molecular complexity index is 310. The Morgan fingerprint density at radius 2 is 1.90 bits per heavy atom. The fraction of sp³-hybridized carbons (Fsp3) is 0.909. The first kappa shape index (κ1) is 17.0. The zero-order chi connectivity index (χ0) is 15.2. The van der Waals surface area contributed by atoms with Gasteiger partial charge in [-0.2, -0.15) is 8.78 Å². The van der Waals surface area contributed by atoms with Gasteiger partial charge in [-0.1, -0.05) is 0 Å². The fourth-order valence-electron chi connectivity index (χ4n) is 1.85. The summed E-state index contributed by atoms with van der Waals surface area (Å²) < 4.78 is 54.7. The van der Waals surface area contributed by atoms with E-state index in [1.165, 1.54) is 16.9 Å². The number of hydrogen-bond donors (Lipinski definition) is 1. The van der Waals surface area contributed by atoms with E-state index in [-0.39, 0.29) is 32.2 Å². The summed E-state index contributed by atoms with van der Waals surface area (Å²) in [6.45, 7) is 0.533. The first-order chi connectivity index (χ1) is 9.36. The molecule has 0 radical (unpaired) electrons. The van der Waals surface area contributed by atoms with Crippen molar-refractivity contribution in [2.24, 2.45) is 0 Å². The van der Waals surface area contributed by atoms with E-state index >= 15 is 0 Å². The van der Waals surface area contributed by atoms with E-state index in [4.69, 9.17) is 4.74 Å². The smallest absolute Gasteiger partial charge is 0.319 e. The number of nitrogens with one attached hydrogen (secondary N) is 1. The molecular weight excluding hydrogens is 282 g/mol. The molecule has 0 atom stereocenters. The van der Waals surface area contributed by atoms with E-state index in [1.807, 2.05) is 0 Å². The van der Waals surface area contributed by atoms with Gasteiger partial charge in [-0.05, 0) is 0 Å². The van der Waals surface area contributed by atoms with Crippen LogP contribution < -0.4 is 5.32 Å². The summed E-state index contributed by atoms with van der Waals surface area (Å²) in [4.78, 5) is 14.4. The van der Waals surface area contributed by atoms with Gasteiger partial charge in [-0.3, -0.25) is 4.90 Å². The monoisotopic (exact) mass is 301 g/mol. The molecular formula is C11H19F4N3O2. The van der Waals surface area contributed by atoms with Crippen LogP contribution in [0.25, 0.3) is 0 Å². The Hall–Kier alpha value is -1.09. The van der Waals surface area contributed by atoms with Crippen molar-refractivity contribution in [1.29, 1.82) is 0 Å². The molecule has 20 heavy (non-hydrogen) atoms. The molecule has 0 bridgehead atoms. The number of methoxy groups -OCH3 is 1. The number of amides is 2. The minimum atomic E-state index is -4.01. The van der Waals surface area contributed by atoms with Crippen LogP contribution in [-0.2, 0) is 4.74 Å². The van der Waals surface area contributed by atoms with E-state index in [0.717, 1.165) is 0 Å². The van der Waals surface area contributed by atoms with Crippen molar-refractivity contribution in [3.05, 3.63) is 0 Å². The van der Waals surface area contributed by atoms with Gasteiger partial charge in [0.05, 0.1) is 13.2 Å². The molecule has 9 heteroatoms. The maximum Gasteiger partial charge on any atom is 0.319 e. The second-order valence-electron chi connectivity index (χ2n) is 4.55. The lowest BCUT2D eigenvalue weighted by atomic mass is 10.2. The molecule has 1 heterocycles. The summed E-state index contributed by atoms with van der Waals surface area (Å²) in [5.41, 5.74) is 0. The van der Waals surface area contributed by atoms with Crippen molar-refractivity contribution in [3.63, 3.8) is 0 Å². The lowest BCUT2D eigenvalue weighted by Gasteiger charge is -2.36. The Balaban J connectivity index is 2.31. The second-order valence-corrected chi connectivity index (χ2v) is 4.55. The van der Waals surface area contributed by atoms with Gasteiger partial charge in [-0.25, -0.2) is 13.6 Å². The fourth-order valence-corrected chi connectivity index (χ4v) is 1.85. The molecule has 5 nitrogen and oxygen atoms in total. The Labute approximate surface area is 114 Å². The first-order valence-electron chi connectivity index (χ1n) is 6.27. The maximum absolute atomic E-state index is 12.9. The number of urea groups is 1. The van der Waals surface area contributed by atoms with Crippen molar-refractivity contribution in [2.75, 3.05) is 53.0 Å². The lowest BCUT2D eigenvalue weighted by molar-refractivity contribution is -0.144. The van der Waals surface area contributed by atoms with Crippen molar-refractivity contribution >= 4 is 6.03 Å². The van der Waals surface area contributed by atoms with Crippen LogP contribution in [0.1, 0.15) is 0 Å². The zero-order valence-corrected chi connectivity index (χ0v) is 11.2. The predicted molar refractivity (Wildman–Crippen MR) is 64.2 cm³/mol. The molecule has 1 N–H and O–H groups in total. The standard InChI is InChI=1S/C11H19F4N3O2/c1-20-7-2-16-10(19)18-5-3-17(4-6-18)8-11(14,15)9(12)13/h9H,2-8H2,1H3,(H,16,19). The quantitative estimate of drug-likeness (QED) is 0.585. The van der Waals surface area contributed by atoms with Gasteiger partial charge in [0.25, 0.3) is 0 Å². The van der Waals surface area contributed by atoms with Crippen LogP contribution in [-0.4, -0.2) is 81.2 Å². The van der Waals surface area contributed by atoms with Crippen LogP contribution >= 0.6 is 0 Å². The van der Waals surface area contributed by atoms with Crippen LogP contribution in [0, 0.1) is 0 Å². The van der Waals surface area contributed by atoms with E-state index in [1.54, 1.807) is 0 Å². The van der Waals surface area contributed by atoms with E-state index in [2.05, 4.69) is 5.32 Å². The predicted octanol–water partition coefficient (Wildman–Crippen LogP) is 0.860. The number of alkyl halides is 4. The highest BCUT2D eigenvalue weighted by molar-refractivity contribution is 5.74. The van der Waals surface area contributed by atoms with Gasteiger partial charge in [0.15, 0.2) is 0 Å². The van der Waals surface area contributed by atoms with E-state index in [0.29, 0.717) is 13.2 Å². The topological polar surface area (TPSA) is 44.8 Å². The molecule has 1 fully saturated rings. The third kappa shape index (κ3) is 5.12. The Morgan fingerprint density at radius 1 is 1.30 bits per heavy atom. The van der Waals surface area contributed by atoms with Crippen molar-refractivity contribution in [3.8, 4) is 0 Å². The van der Waals surface area contributed by atoms with Crippen molar-refractivity contribution < 1.29 is 27.1 Å². The Morgan fingerprint density at radius 3 is 2.40 bits per heavy atom. The summed E-state index contributed by atoms with van der Waals surface area (Å²) >= 11 is 0. The number of halogens is 4. The van der Waals surface area contributed by atoms with Crippen LogP contribution in [0.5, 0.6) is 0 Å². The molecule has 0 aliphatic carbocycles. The molecule has 0 unspecified atom stereocenters. The van der Waals surface area contributed by atoms with Gasteiger partial charge < -0.3 is 15.0 Å². The third-order valence-corrected chi connectivity index (χ3v) is 3.00. The third-order valence-electron chi connectivity index (χ3n) is 3.00. The SMILES string of the molecule is COCCNC(=O)N1CCN(CC(F)(F)C(F)F)CC1. The molecule has 1 aliphatic rings. The highest BCUT2D eigenvalue weighted by Gasteiger charge is 2.42. The number of ether oxygens (including phenoxy) is 1. The average molecular weight is 301 g/mol. The largest absolute Gasteiger partial charge is 0.383 e. The summed E-state index contributed by atoms with van der Waals surface area (Å²) in [5.74, 6) is -4.01. The molecule has 2 amide bonds. The maximum atomic E-state index is 12.9. The molecule has 0 spiro atoms. The normalized spacial score (nSPS) is 17.6. The molecule has 1 saturated heterocycles. The molecule has 1 rings (SSSR count). The molecule has 118 valence electrons. The van der Waals surface area contributed by atoms with Crippen LogP contribution in [0.15, 0.2) is 0 Å². The lowest BCUT2D eigenvalue weighted by Crippen LogP contribution is -2.54. The minimum Gasteiger partial charge on any atom is -0.383 e. The number of nitrogens with zero attached hydrogens (tertiary/aromatic N) is 2. The van der Waals surface area contributed by atoms with Crippen LogP contribution in [0.4, 0.5) is 22.4 Å². The van der Waals surface area contributed by atoms with Crippen molar-refractivity contribution in [2.45, 2.75) is 12.3 Å². The average Bonchev–Trinajstić information content (AvgIpc) is 2.39. The summed E-state index contributed by atoms with van der Waals surface area (Å²) in [6.07, 6.45) is -3.67. The summed E-state index contributed by atoms with van der Waals surface area (Å²) in [7, 11) is 1.51. The van der Waals surface area contributed by atoms with Gasteiger partial charge >= 0.3 is 18.4 Å². The zero-order valence-electron chi connectivity index (χ0n) is 11.2. The number of hydrogen-bond acceptors (Lipinski definition) is 3. The van der Waals surface area contributed by atoms with E-state index < -0.39 is 18.9 Å². The number of rotatable bonds is 6. The molecule has 0 aromatic rings. The minimum absolute atomic E-state index is 0.153. The number of carbonyl (C=O) groups is 1. The summed E-state index contributed by atoms with van der Waals surface area (Å²) in [6, 6.07) is -0.303. The Kier molecular flexibility index (Phi) is 6.47. The van der Waals surface area contributed by atoms with Gasteiger partial charge in [0, 0.05) is 39.8 Å². The van der Waals surface area contributed by atoms with Gasteiger partial charge in [0.2, 0.25) is 0 Å². The second kappa shape index (κ2) is 7.63. The van der Waals surface area contributed by atoms with Crippen LogP contribution in [0.2, 0.25) is 0 Å². The summed E-state index contributed by atoms with van der Waals surface area (Å²) in [5, 5.41) is 2.61. The number of piperazine rings is 1. The molecule has 1 aliphatic heterocycles. The molecule has 0 saturated carbocycles. The van der Waals surface area contributed by atoms with E-state index in [9.17, 15) is 22.4 Å². The highest BCUT2D eigenvalue weighted by atomic mass is 19.3. The van der Waals surface area contributed by atoms with Crippen LogP contribution in [0.3, 0.4) is 0 Å². The highest BCUT2D eigenvalue weighted by Crippen LogP contribution is 2.24. The van der Waals surface area contributed by atoms with Gasteiger partial charge in [-0.15, -0.1) is 0 Å². The first-order valence-corrected chi connectivity index (χ1v) is 6.27.